The normalized spacial score (nSPS) is 12.6. The van der Waals surface area contributed by atoms with Crippen molar-refractivity contribution in [3.8, 4) is 0 Å². The van der Waals surface area contributed by atoms with E-state index >= 15 is 0 Å². The number of aryl methyl sites for hydroxylation is 1. The highest BCUT2D eigenvalue weighted by Crippen LogP contribution is 2.32. The summed E-state index contributed by atoms with van der Waals surface area (Å²) in [5.41, 5.74) is 3.17. The topological polar surface area (TPSA) is 54.1 Å². The number of nitrogens with one attached hydrogen (secondary N) is 2. The molecule has 0 radical (unpaired) electrons. The fraction of sp³-hybridized carbons (Fsp3) is 0.320. The molecular formula is C25H27F3N2O2. The van der Waals surface area contributed by atoms with Crippen molar-refractivity contribution in [1.82, 2.24) is 4.98 Å². The highest BCUT2D eigenvalue weighted by Gasteiger charge is 2.31. The van der Waals surface area contributed by atoms with E-state index in [-0.39, 0.29) is 12.5 Å². The van der Waals surface area contributed by atoms with Crippen molar-refractivity contribution in [3.63, 3.8) is 0 Å². The Hall–Kier alpha value is -3.22. The van der Waals surface area contributed by atoms with Gasteiger partial charge in [0.1, 0.15) is 12.6 Å². The monoisotopic (exact) mass is 444 g/mol. The van der Waals surface area contributed by atoms with Crippen LogP contribution in [-0.2, 0) is 28.7 Å². The number of rotatable bonds is 8. The Labute approximate surface area is 185 Å². The summed E-state index contributed by atoms with van der Waals surface area (Å²) in [6.45, 7) is 5.38. The lowest BCUT2D eigenvalue weighted by Crippen LogP contribution is -2.36. The van der Waals surface area contributed by atoms with Crippen molar-refractivity contribution < 1.29 is 22.7 Å². The maximum atomic E-state index is 12.9. The third kappa shape index (κ3) is 5.93. The molecule has 0 bridgehead atoms. The first-order chi connectivity index (χ1) is 15.1. The van der Waals surface area contributed by atoms with Crippen molar-refractivity contribution in [3.05, 3.63) is 88.7 Å². The number of carbonyl (C=O) groups is 1. The number of benzene rings is 2. The van der Waals surface area contributed by atoms with E-state index in [1.165, 1.54) is 6.07 Å². The number of anilines is 1. The fourth-order valence-corrected chi connectivity index (χ4v) is 3.45. The summed E-state index contributed by atoms with van der Waals surface area (Å²) >= 11 is 0. The lowest BCUT2D eigenvalue weighted by atomic mass is 10.0. The average molecular weight is 444 g/mol. The van der Waals surface area contributed by atoms with E-state index in [1.54, 1.807) is 6.92 Å². The van der Waals surface area contributed by atoms with Gasteiger partial charge < -0.3 is 15.0 Å². The second-order valence-corrected chi connectivity index (χ2v) is 8.15. The van der Waals surface area contributed by atoms with Crippen LogP contribution in [0.5, 0.6) is 0 Å². The van der Waals surface area contributed by atoms with Crippen LogP contribution in [0, 0.1) is 12.8 Å². The van der Waals surface area contributed by atoms with Gasteiger partial charge in [0.05, 0.1) is 11.3 Å². The SMILES string of the molecule is Cc1cc(C(F)(F)F)ccc1NC(C(=O)OCc1[nH]ccc1Cc1ccccc1)C(C)C. The van der Waals surface area contributed by atoms with Crippen molar-refractivity contribution in [2.24, 2.45) is 5.92 Å². The molecule has 4 nitrogen and oxygen atoms in total. The molecule has 0 aliphatic carbocycles. The van der Waals surface area contributed by atoms with Crippen LogP contribution in [-0.4, -0.2) is 17.0 Å². The number of esters is 1. The maximum absolute atomic E-state index is 12.9. The minimum absolute atomic E-state index is 0.0882. The zero-order chi connectivity index (χ0) is 23.3. The first kappa shape index (κ1) is 23.4. The summed E-state index contributed by atoms with van der Waals surface area (Å²) in [7, 11) is 0. The van der Waals surface area contributed by atoms with Gasteiger partial charge >= 0.3 is 12.1 Å². The van der Waals surface area contributed by atoms with Gasteiger partial charge in [-0.2, -0.15) is 13.2 Å². The Morgan fingerprint density at radius 3 is 2.44 bits per heavy atom. The van der Waals surface area contributed by atoms with Gasteiger partial charge in [0, 0.05) is 11.9 Å². The first-order valence-electron chi connectivity index (χ1n) is 10.4. The standard InChI is InChI=1S/C25H27F3N2O2/c1-16(2)23(30-21-10-9-20(13-17(21)3)25(26,27)28)24(31)32-15-22-19(11-12-29-22)14-18-7-5-4-6-8-18/h4-13,16,23,29-30H,14-15H2,1-3H3. The van der Waals surface area contributed by atoms with Gasteiger partial charge in [0.2, 0.25) is 0 Å². The van der Waals surface area contributed by atoms with Gasteiger partial charge in [-0.05, 0) is 60.2 Å². The van der Waals surface area contributed by atoms with Crippen molar-refractivity contribution in [2.45, 2.75) is 46.0 Å². The number of H-pyrrole nitrogens is 1. The molecule has 1 unspecified atom stereocenters. The summed E-state index contributed by atoms with van der Waals surface area (Å²) < 4.78 is 44.3. The largest absolute Gasteiger partial charge is 0.458 e. The molecule has 2 N–H and O–H groups in total. The van der Waals surface area contributed by atoms with Crippen molar-refractivity contribution in [1.29, 1.82) is 0 Å². The molecule has 0 saturated carbocycles. The van der Waals surface area contributed by atoms with E-state index in [0.717, 1.165) is 29.0 Å². The van der Waals surface area contributed by atoms with E-state index in [9.17, 15) is 18.0 Å². The molecule has 1 aromatic heterocycles. The molecule has 3 rings (SSSR count). The number of carbonyl (C=O) groups excluding carboxylic acids is 1. The lowest BCUT2D eigenvalue weighted by Gasteiger charge is -2.23. The molecule has 1 heterocycles. The highest BCUT2D eigenvalue weighted by atomic mass is 19.4. The number of hydrogen-bond acceptors (Lipinski definition) is 3. The Bertz CT molecular complexity index is 1040. The van der Waals surface area contributed by atoms with E-state index < -0.39 is 23.8 Å². The Morgan fingerprint density at radius 1 is 1.09 bits per heavy atom. The van der Waals surface area contributed by atoms with E-state index in [4.69, 9.17) is 4.74 Å². The summed E-state index contributed by atoms with van der Waals surface area (Å²) in [6, 6.07) is 14.7. The Morgan fingerprint density at radius 2 is 1.81 bits per heavy atom. The van der Waals surface area contributed by atoms with Crippen LogP contribution in [0.1, 0.15) is 41.8 Å². The maximum Gasteiger partial charge on any atom is 0.416 e. The van der Waals surface area contributed by atoms with E-state index in [0.29, 0.717) is 17.7 Å². The fourth-order valence-electron chi connectivity index (χ4n) is 3.45. The third-order valence-electron chi connectivity index (χ3n) is 5.31. The van der Waals surface area contributed by atoms with Crippen LogP contribution in [0.4, 0.5) is 18.9 Å². The molecular weight excluding hydrogens is 417 g/mol. The van der Waals surface area contributed by atoms with Crippen LogP contribution in [0.3, 0.4) is 0 Å². The minimum atomic E-state index is -4.41. The zero-order valence-electron chi connectivity index (χ0n) is 18.3. The minimum Gasteiger partial charge on any atom is -0.458 e. The van der Waals surface area contributed by atoms with Gasteiger partial charge in [0.25, 0.3) is 0 Å². The molecule has 0 saturated heterocycles. The molecule has 2 aromatic carbocycles. The van der Waals surface area contributed by atoms with Gasteiger partial charge in [-0.25, -0.2) is 4.79 Å². The number of ether oxygens (including phenoxy) is 1. The third-order valence-corrected chi connectivity index (χ3v) is 5.31. The van der Waals surface area contributed by atoms with Gasteiger partial charge in [0.15, 0.2) is 0 Å². The van der Waals surface area contributed by atoms with Crippen LogP contribution in [0.2, 0.25) is 0 Å². The van der Waals surface area contributed by atoms with Crippen LogP contribution in [0.25, 0.3) is 0 Å². The molecule has 0 amide bonds. The number of halogens is 3. The van der Waals surface area contributed by atoms with Gasteiger partial charge in [-0.1, -0.05) is 44.2 Å². The summed E-state index contributed by atoms with van der Waals surface area (Å²) in [4.78, 5) is 15.9. The zero-order valence-corrected chi connectivity index (χ0v) is 18.3. The van der Waals surface area contributed by atoms with Crippen LogP contribution in [0.15, 0.2) is 60.8 Å². The number of hydrogen-bond donors (Lipinski definition) is 2. The number of aromatic amines is 1. The molecule has 0 spiro atoms. The van der Waals surface area contributed by atoms with Crippen molar-refractivity contribution >= 4 is 11.7 Å². The summed E-state index contributed by atoms with van der Waals surface area (Å²) in [5.74, 6) is -0.587. The molecule has 0 aliphatic rings. The van der Waals surface area contributed by atoms with Gasteiger partial charge in [-0.3, -0.25) is 0 Å². The number of aromatic nitrogens is 1. The smallest absolute Gasteiger partial charge is 0.416 e. The van der Waals surface area contributed by atoms with E-state index in [2.05, 4.69) is 10.3 Å². The molecule has 170 valence electrons. The predicted octanol–water partition coefficient (Wildman–Crippen LogP) is 6.11. The second kappa shape index (κ2) is 9.94. The predicted molar refractivity (Wildman–Crippen MR) is 118 cm³/mol. The molecule has 0 aliphatic heterocycles. The average Bonchev–Trinajstić information content (AvgIpc) is 3.17. The Kier molecular flexibility index (Phi) is 7.28. The quantitative estimate of drug-likeness (QED) is 0.412. The lowest BCUT2D eigenvalue weighted by molar-refractivity contribution is -0.147. The molecule has 7 heteroatoms. The first-order valence-corrected chi connectivity index (χ1v) is 10.4. The van der Waals surface area contributed by atoms with Crippen molar-refractivity contribution in [2.75, 3.05) is 5.32 Å². The van der Waals surface area contributed by atoms with Crippen LogP contribution >= 0.6 is 0 Å². The molecule has 32 heavy (non-hydrogen) atoms. The molecule has 1 atom stereocenters. The van der Waals surface area contributed by atoms with Gasteiger partial charge in [-0.15, -0.1) is 0 Å². The number of alkyl halides is 3. The second-order valence-electron chi connectivity index (χ2n) is 8.15. The molecule has 3 aromatic rings. The highest BCUT2D eigenvalue weighted by molar-refractivity contribution is 5.80. The van der Waals surface area contributed by atoms with E-state index in [1.807, 2.05) is 56.4 Å². The van der Waals surface area contributed by atoms with Crippen LogP contribution < -0.4 is 5.32 Å². The summed E-state index contributed by atoms with van der Waals surface area (Å²) in [6.07, 6.45) is -1.88. The molecule has 0 fully saturated rings. The summed E-state index contributed by atoms with van der Waals surface area (Å²) in [5, 5.41) is 3.06. The Balaban J connectivity index is 1.66.